The number of benzene rings is 2. The summed E-state index contributed by atoms with van der Waals surface area (Å²) in [6.07, 6.45) is -0.843. The molecule has 6 heteroatoms. The summed E-state index contributed by atoms with van der Waals surface area (Å²) >= 11 is 0. The van der Waals surface area contributed by atoms with Crippen molar-refractivity contribution in [3.05, 3.63) is 72.3 Å². The van der Waals surface area contributed by atoms with Crippen LogP contribution >= 0.6 is 0 Å². The van der Waals surface area contributed by atoms with Gasteiger partial charge in [-0.1, -0.05) is 36.9 Å². The Balaban J connectivity index is 2.00. The second-order valence-corrected chi connectivity index (χ2v) is 5.60. The van der Waals surface area contributed by atoms with E-state index >= 15 is 0 Å². The first kappa shape index (κ1) is 19.2. The zero-order valence-electron chi connectivity index (χ0n) is 14.3. The lowest BCUT2D eigenvalue weighted by atomic mass is 10.0. The summed E-state index contributed by atoms with van der Waals surface area (Å²) in [4.78, 5) is 23.5. The van der Waals surface area contributed by atoms with Gasteiger partial charge in [0.25, 0.3) is 0 Å². The lowest BCUT2D eigenvalue weighted by Crippen LogP contribution is -2.33. The number of phenols is 1. The summed E-state index contributed by atoms with van der Waals surface area (Å²) in [5, 5.41) is 20.0. The van der Waals surface area contributed by atoms with E-state index in [0.29, 0.717) is 5.56 Å². The molecule has 0 aliphatic rings. The summed E-state index contributed by atoms with van der Waals surface area (Å²) in [5.74, 6) is -0.900. The maximum atomic E-state index is 12.4. The third-order valence-electron chi connectivity index (χ3n) is 3.68. The number of esters is 1. The van der Waals surface area contributed by atoms with E-state index in [4.69, 9.17) is 9.47 Å². The number of aromatic hydroxyl groups is 1. The Kier molecular flexibility index (Phi) is 6.52. The zero-order valence-corrected chi connectivity index (χ0v) is 14.3. The van der Waals surface area contributed by atoms with Gasteiger partial charge in [0, 0.05) is 17.7 Å². The molecule has 2 N–H and O–H groups in total. The summed E-state index contributed by atoms with van der Waals surface area (Å²) in [5.41, 5.74) is 0.613. The highest BCUT2D eigenvalue weighted by molar-refractivity contribution is 6.10. The van der Waals surface area contributed by atoms with Crippen LogP contribution in [0.15, 0.2) is 61.2 Å². The van der Waals surface area contributed by atoms with E-state index in [2.05, 4.69) is 6.58 Å². The molecule has 0 fully saturated rings. The minimum atomic E-state index is -1.06. The van der Waals surface area contributed by atoms with Crippen LogP contribution in [-0.4, -0.2) is 40.8 Å². The molecular formula is C20H20O6. The average molecular weight is 356 g/mol. The van der Waals surface area contributed by atoms with Gasteiger partial charge in [0.15, 0.2) is 5.78 Å². The number of aliphatic hydroxyl groups excluding tert-OH is 1. The van der Waals surface area contributed by atoms with Crippen LogP contribution in [0.2, 0.25) is 0 Å². The van der Waals surface area contributed by atoms with Crippen molar-refractivity contribution >= 4 is 11.8 Å². The molecule has 0 aliphatic carbocycles. The molecule has 2 aromatic carbocycles. The molecular weight excluding hydrogens is 336 g/mol. The number of ketones is 1. The molecule has 6 nitrogen and oxygen atoms in total. The smallest absolute Gasteiger partial charge is 0.330 e. The van der Waals surface area contributed by atoms with E-state index < -0.39 is 18.2 Å². The second-order valence-electron chi connectivity index (χ2n) is 5.60. The van der Waals surface area contributed by atoms with Crippen molar-refractivity contribution < 1.29 is 29.3 Å². The lowest BCUT2D eigenvalue weighted by Gasteiger charge is -2.19. The second kappa shape index (κ2) is 8.82. The summed E-state index contributed by atoms with van der Waals surface area (Å²) < 4.78 is 10.3. The highest BCUT2D eigenvalue weighted by Crippen LogP contribution is 2.26. The Morgan fingerprint density at radius 2 is 1.88 bits per heavy atom. The summed E-state index contributed by atoms with van der Waals surface area (Å²) in [6.45, 7) is 4.64. The van der Waals surface area contributed by atoms with Gasteiger partial charge in [-0.2, -0.15) is 0 Å². The molecule has 2 aromatic rings. The molecule has 0 aromatic heterocycles. The van der Waals surface area contributed by atoms with Crippen LogP contribution in [0.5, 0.6) is 11.5 Å². The molecule has 0 heterocycles. The Labute approximate surface area is 151 Å². The van der Waals surface area contributed by atoms with Gasteiger partial charge >= 0.3 is 5.97 Å². The minimum Gasteiger partial charge on any atom is -0.507 e. The maximum Gasteiger partial charge on any atom is 0.330 e. The van der Waals surface area contributed by atoms with Crippen molar-refractivity contribution in [1.82, 2.24) is 0 Å². The Bertz CT molecular complexity index is 784. The molecule has 26 heavy (non-hydrogen) atoms. The predicted octanol–water partition coefficient (Wildman–Crippen LogP) is 2.48. The van der Waals surface area contributed by atoms with Crippen LogP contribution in [0, 0.1) is 0 Å². The minimum absolute atomic E-state index is 0.150. The molecule has 0 bridgehead atoms. The van der Waals surface area contributed by atoms with Gasteiger partial charge in [-0.3, -0.25) is 4.79 Å². The quantitative estimate of drug-likeness (QED) is 0.429. The fraction of sp³-hybridized carbons (Fsp3) is 0.200. The number of hydrogen-bond acceptors (Lipinski definition) is 6. The van der Waals surface area contributed by atoms with E-state index in [1.807, 2.05) is 0 Å². The number of carbonyl (C=O) groups is 2. The average Bonchev–Trinajstić information content (AvgIpc) is 2.66. The van der Waals surface area contributed by atoms with E-state index in [1.165, 1.54) is 25.1 Å². The van der Waals surface area contributed by atoms with Gasteiger partial charge < -0.3 is 19.7 Å². The summed E-state index contributed by atoms with van der Waals surface area (Å²) in [7, 11) is 0. The Morgan fingerprint density at radius 3 is 2.50 bits per heavy atom. The predicted molar refractivity (Wildman–Crippen MR) is 95.2 cm³/mol. The van der Waals surface area contributed by atoms with Crippen LogP contribution in [0.4, 0.5) is 0 Å². The molecule has 136 valence electrons. The first-order chi connectivity index (χ1) is 12.4. The lowest BCUT2D eigenvalue weighted by molar-refractivity contribution is -0.148. The highest BCUT2D eigenvalue weighted by atomic mass is 16.6. The van der Waals surface area contributed by atoms with Gasteiger partial charge in [-0.25, -0.2) is 4.79 Å². The van der Waals surface area contributed by atoms with Crippen molar-refractivity contribution in [3.8, 4) is 11.5 Å². The first-order valence-corrected chi connectivity index (χ1v) is 7.99. The van der Waals surface area contributed by atoms with Crippen LogP contribution in [0.3, 0.4) is 0 Å². The van der Waals surface area contributed by atoms with E-state index in [9.17, 15) is 19.8 Å². The van der Waals surface area contributed by atoms with Gasteiger partial charge in [-0.15, -0.1) is 0 Å². The Hall–Kier alpha value is -3.12. The standard InChI is InChI=1S/C20H20O6/c1-3-19(23)26-13(2)18(22)12-25-15-9-10-16(17(21)11-15)20(24)14-7-5-4-6-8-14/h3-11,13,18,21-22H,1,12H2,2H3. The topological polar surface area (TPSA) is 93.1 Å². The molecule has 2 unspecified atom stereocenters. The van der Waals surface area contributed by atoms with Gasteiger partial charge in [0.1, 0.15) is 30.3 Å². The largest absolute Gasteiger partial charge is 0.507 e. The fourth-order valence-electron chi connectivity index (χ4n) is 2.17. The molecule has 0 saturated heterocycles. The van der Waals surface area contributed by atoms with E-state index in [0.717, 1.165) is 6.08 Å². The molecule has 2 atom stereocenters. The monoisotopic (exact) mass is 356 g/mol. The van der Waals surface area contributed by atoms with Crippen molar-refractivity contribution in [2.24, 2.45) is 0 Å². The zero-order chi connectivity index (χ0) is 19.1. The molecule has 0 saturated carbocycles. The van der Waals surface area contributed by atoms with Crippen LogP contribution < -0.4 is 4.74 Å². The molecule has 0 radical (unpaired) electrons. The van der Waals surface area contributed by atoms with Gasteiger partial charge in [0.2, 0.25) is 0 Å². The van der Waals surface area contributed by atoms with Crippen molar-refractivity contribution in [2.75, 3.05) is 6.61 Å². The molecule has 0 amide bonds. The summed E-state index contributed by atoms with van der Waals surface area (Å²) in [6, 6.07) is 12.9. The molecule has 0 aliphatic heterocycles. The SMILES string of the molecule is C=CC(=O)OC(C)C(O)COc1ccc(C(=O)c2ccccc2)c(O)c1. The molecule has 0 spiro atoms. The third kappa shape index (κ3) is 4.94. The number of rotatable bonds is 8. The number of carbonyl (C=O) groups excluding carboxylic acids is 2. The number of phenolic OH excluding ortho intramolecular Hbond substituents is 1. The van der Waals surface area contributed by atoms with Crippen LogP contribution in [0.1, 0.15) is 22.8 Å². The number of hydrogen-bond donors (Lipinski definition) is 2. The van der Waals surface area contributed by atoms with Gasteiger partial charge in [0.05, 0.1) is 5.56 Å². The first-order valence-electron chi connectivity index (χ1n) is 7.99. The number of ether oxygens (including phenoxy) is 2. The highest BCUT2D eigenvalue weighted by Gasteiger charge is 2.19. The number of aliphatic hydroxyl groups is 1. The van der Waals surface area contributed by atoms with E-state index in [1.54, 1.807) is 30.3 Å². The van der Waals surface area contributed by atoms with Crippen molar-refractivity contribution in [1.29, 1.82) is 0 Å². The maximum absolute atomic E-state index is 12.4. The van der Waals surface area contributed by atoms with Gasteiger partial charge in [-0.05, 0) is 19.1 Å². The fourth-order valence-corrected chi connectivity index (χ4v) is 2.17. The van der Waals surface area contributed by atoms with Crippen molar-refractivity contribution in [2.45, 2.75) is 19.1 Å². The van der Waals surface area contributed by atoms with Crippen LogP contribution in [-0.2, 0) is 9.53 Å². The third-order valence-corrected chi connectivity index (χ3v) is 3.68. The normalized spacial score (nSPS) is 12.7. The van der Waals surface area contributed by atoms with Crippen molar-refractivity contribution in [3.63, 3.8) is 0 Å². The molecule has 2 rings (SSSR count). The Morgan fingerprint density at radius 1 is 1.19 bits per heavy atom. The van der Waals surface area contributed by atoms with Crippen LogP contribution in [0.25, 0.3) is 0 Å². The van der Waals surface area contributed by atoms with E-state index in [-0.39, 0.29) is 29.5 Å².